The molecule has 12 heterocycles. The van der Waals surface area contributed by atoms with Crippen LogP contribution in [-0.4, -0.2) is 19.9 Å². The van der Waals surface area contributed by atoms with E-state index < -0.39 is 58.2 Å². The van der Waals surface area contributed by atoms with Gasteiger partial charge >= 0.3 is 0 Å². The molecule has 0 N–H and O–H groups in total. The maximum atomic E-state index is 14.7. The van der Waals surface area contributed by atoms with E-state index in [-0.39, 0.29) is 22.3 Å². The van der Waals surface area contributed by atoms with Gasteiger partial charge in [0, 0.05) is 119 Å². The molecule has 0 atom stereocenters. The number of halogens is 10. The Labute approximate surface area is 691 Å². The fraction of sp³-hybridized carbons (Fsp3) is 0.120. The summed E-state index contributed by atoms with van der Waals surface area (Å²) in [7, 11) is 7.54. The summed E-state index contributed by atoms with van der Waals surface area (Å²) < 4.78 is 171. The Morgan fingerprint density at radius 1 is 0.246 bits per heavy atom. The van der Waals surface area contributed by atoms with Crippen LogP contribution in [0, 0.1) is 114 Å². The zero-order valence-corrected chi connectivity index (χ0v) is 67.9. The highest BCUT2D eigenvalue weighted by Gasteiger charge is 2.31. The summed E-state index contributed by atoms with van der Waals surface area (Å²) in [5, 5.41) is 7.55. The van der Waals surface area contributed by atoms with E-state index in [1.807, 2.05) is 236 Å². The van der Waals surface area contributed by atoms with E-state index in [2.05, 4.69) is 19.9 Å². The molecule has 0 saturated heterocycles. The molecule has 0 radical (unpaired) electrons. The van der Waals surface area contributed by atoms with E-state index in [0.717, 1.165) is 181 Å². The van der Waals surface area contributed by atoms with Gasteiger partial charge in [0.2, 0.25) is 45.6 Å². The number of pyridine rings is 8. The third-order valence-electron chi connectivity index (χ3n) is 22.2. The van der Waals surface area contributed by atoms with Gasteiger partial charge in [0.25, 0.3) is 0 Å². The Morgan fingerprint density at radius 2 is 0.590 bits per heavy atom. The molecule has 20 rings (SSSR count). The zero-order valence-electron chi connectivity index (χ0n) is 67.9. The van der Waals surface area contributed by atoms with Crippen LogP contribution in [0.25, 0.3) is 178 Å². The summed E-state index contributed by atoms with van der Waals surface area (Å²) >= 11 is 0. The Kier molecular flexibility index (Phi) is 20.7. The molecular weight excluding hydrogens is 1570 g/mol. The standard InChI is InChI=1S/2C25H18F3N2O.2C25H19F2N2O/c1-13-4-7-17-18-8-5-14(2)29-25(18)31-24(17)22(13)21-9-6-15(12-30(21)3)16-10-19(26)23(28)20(27)11-16;1-13-4-6-17-18-7-5-14(2)29-25(18)31-24(17)22(13)21-12-15(8-9-30(21)3)16-10-19(26)23(28)20(27)11-16;1-14-9-11-18-19-12-10-15(2)28-25(19)30-24(18)21(14)23-17(7-5-13-29(23)3)16-6-4-8-20(26)22(16)27;1-14-7-9-18-19-10-8-15(2)28-25(19)30-24(18)22(14)21-13-16(11-12-29(21)3)17-5-4-6-20(26)23(17)27/h2*4-12H,1-3H3;2*4-13H,1-3H3/q4*+1. The summed E-state index contributed by atoms with van der Waals surface area (Å²) in [5.41, 5.74) is 22.7. The number of rotatable bonds is 8. The van der Waals surface area contributed by atoms with Crippen molar-refractivity contribution in [2.24, 2.45) is 28.2 Å². The molecule has 122 heavy (non-hydrogen) atoms. The van der Waals surface area contributed by atoms with Crippen molar-refractivity contribution in [1.82, 2.24) is 19.9 Å². The first-order valence-corrected chi connectivity index (χ1v) is 38.9. The van der Waals surface area contributed by atoms with Gasteiger partial charge in [-0.15, -0.1) is 0 Å². The molecule has 12 aromatic heterocycles. The molecule has 0 fully saturated rings. The van der Waals surface area contributed by atoms with Crippen molar-refractivity contribution in [3.05, 3.63) is 334 Å². The van der Waals surface area contributed by atoms with E-state index in [1.54, 1.807) is 48.8 Å². The number of aromatic nitrogens is 8. The molecule has 0 bridgehead atoms. The first-order chi connectivity index (χ1) is 58.5. The first kappa shape index (κ1) is 79.9. The molecule has 0 aliphatic carbocycles. The van der Waals surface area contributed by atoms with E-state index in [9.17, 15) is 43.9 Å². The molecule has 0 spiro atoms. The average Bonchev–Trinajstić information content (AvgIpc) is 1.58. The first-order valence-electron chi connectivity index (χ1n) is 38.9. The Balaban J connectivity index is 0.000000116. The molecule has 20 aromatic rings. The molecule has 8 aromatic carbocycles. The highest BCUT2D eigenvalue weighted by Crippen LogP contribution is 2.44. The van der Waals surface area contributed by atoms with Gasteiger partial charge in [-0.1, -0.05) is 72.8 Å². The highest BCUT2D eigenvalue weighted by molar-refractivity contribution is 6.12. The second-order valence-electron chi connectivity index (χ2n) is 30.5. The average molecular weight is 1640 g/mol. The van der Waals surface area contributed by atoms with Crippen molar-refractivity contribution in [2.45, 2.75) is 55.4 Å². The molecule has 0 unspecified atom stereocenters. The van der Waals surface area contributed by atoms with Crippen LogP contribution < -0.4 is 18.3 Å². The van der Waals surface area contributed by atoms with Crippen LogP contribution >= 0.6 is 0 Å². The number of hydrogen-bond acceptors (Lipinski definition) is 8. The minimum Gasteiger partial charge on any atom is -0.437 e. The maximum absolute atomic E-state index is 14.7. The Bertz CT molecular complexity index is 7680. The van der Waals surface area contributed by atoms with Gasteiger partial charge in [0.05, 0.1) is 27.8 Å². The zero-order chi connectivity index (χ0) is 85.7. The van der Waals surface area contributed by atoms with Crippen LogP contribution in [0.4, 0.5) is 43.9 Å². The normalized spacial score (nSPS) is 11.5. The summed E-state index contributed by atoms with van der Waals surface area (Å²) in [4.78, 5) is 18.0. The maximum Gasteiger partial charge on any atom is 0.227 e. The minimum atomic E-state index is -1.48. The molecule has 0 aliphatic rings. The number of nitrogens with zero attached hydrogens (tertiary/aromatic N) is 8. The SMILES string of the molecule is Cc1ccc2c(n1)oc1c(-c3c(-c4cccc(F)c4F)ccc[n+]3C)c(C)ccc12.Cc1ccc2c(n1)oc1c(-c3cc(-c4cc(F)c(F)c(F)c4)cc[n+]3C)c(C)ccc12.Cc1ccc2c(n1)oc1c(-c3cc(-c4cccc(F)c4F)cc[n+]3C)c(C)ccc12.Cc1ccc2c(n1)oc1c(-c3ccc(-c4cc(F)c(F)c(F)c4)c[n+]3C)c(C)ccc12. The molecule has 0 amide bonds. The lowest BCUT2D eigenvalue weighted by atomic mass is 9.94. The van der Waals surface area contributed by atoms with Crippen LogP contribution in [0.2, 0.25) is 0 Å². The molecule has 0 saturated carbocycles. The number of aryl methyl sites for hydroxylation is 12. The van der Waals surface area contributed by atoms with Crippen LogP contribution in [0.3, 0.4) is 0 Å². The summed E-state index contributed by atoms with van der Waals surface area (Å²) in [6.07, 6.45) is 7.29. The third kappa shape index (κ3) is 14.4. The lowest BCUT2D eigenvalue weighted by Crippen LogP contribution is -2.31. The fourth-order valence-electron chi connectivity index (χ4n) is 15.9. The van der Waals surface area contributed by atoms with Crippen molar-refractivity contribution < 1.29 is 79.8 Å². The van der Waals surface area contributed by atoms with Gasteiger partial charge in [0.15, 0.2) is 105 Å². The van der Waals surface area contributed by atoms with E-state index in [0.29, 0.717) is 56.3 Å². The summed E-state index contributed by atoms with van der Waals surface area (Å²) in [6.45, 7) is 15.6. The largest absolute Gasteiger partial charge is 0.437 e. The van der Waals surface area contributed by atoms with Gasteiger partial charge in [-0.3, -0.25) is 0 Å². The van der Waals surface area contributed by atoms with E-state index >= 15 is 0 Å². The van der Waals surface area contributed by atoms with E-state index in [4.69, 9.17) is 17.7 Å². The number of hydrogen-bond donors (Lipinski definition) is 0. The molecule has 12 nitrogen and oxygen atoms in total. The van der Waals surface area contributed by atoms with Crippen molar-refractivity contribution in [3.63, 3.8) is 0 Å². The lowest BCUT2D eigenvalue weighted by Gasteiger charge is -2.11. The quantitative estimate of drug-likeness (QED) is 0.0838. The van der Waals surface area contributed by atoms with Gasteiger partial charge in [-0.05, 0) is 197 Å². The predicted molar refractivity (Wildman–Crippen MR) is 452 cm³/mol. The highest BCUT2D eigenvalue weighted by atomic mass is 19.2. The molecule has 0 aliphatic heterocycles. The Morgan fingerprint density at radius 3 is 1.01 bits per heavy atom. The van der Waals surface area contributed by atoms with Gasteiger partial charge in [-0.2, -0.15) is 0 Å². The van der Waals surface area contributed by atoms with Crippen LogP contribution in [0.1, 0.15) is 45.0 Å². The van der Waals surface area contributed by atoms with Gasteiger partial charge in [-0.25, -0.2) is 82.1 Å². The minimum absolute atomic E-state index is 0.211. The molecule has 22 heteroatoms. The van der Waals surface area contributed by atoms with Crippen LogP contribution in [0.5, 0.6) is 0 Å². The summed E-state index contributed by atoms with van der Waals surface area (Å²) in [6, 6.07) is 58.9. The second kappa shape index (κ2) is 31.6. The van der Waals surface area contributed by atoms with Crippen LogP contribution in [0.15, 0.2) is 249 Å². The topological polar surface area (TPSA) is 120 Å². The molecular formula is C100H74F10N8O4+4. The predicted octanol–water partition coefficient (Wildman–Crippen LogP) is 24.4. The third-order valence-corrected chi connectivity index (χ3v) is 22.2. The Hall–Kier alpha value is -14.5. The molecule has 604 valence electrons. The second-order valence-corrected chi connectivity index (χ2v) is 30.5. The summed E-state index contributed by atoms with van der Waals surface area (Å²) in [5.74, 6) is -11.3. The monoisotopic (exact) mass is 1640 g/mol. The van der Waals surface area contributed by atoms with Crippen molar-refractivity contribution in [2.75, 3.05) is 0 Å². The number of fused-ring (bicyclic) bond motifs is 12. The smallest absolute Gasteiger partial charge is 0.227 e. The van der Waals surface area contributed by atoms with E-state index in [1.165, 1.54) is 12.1 Å². The van der Waals surface area contributed by atoms with Gasteiger partial charge in [0.1, 0.15) is 28.2 Å². The lowest BCUT2D eigenvalue weighted by molar-refractivity contribution is -0.660. The van der Waals surface area contributed by atoms with Crippen molar-refractivity contribution >= 4 is 88.3 Å². The van der Waals surface area contributed by atoms with Crippen molar-refractivity contribution in [1.29, 1.82) is 0 Å². The number of furan rings is 4. The van der Waals surface area contributed by atoms with Crippen LogP contribution in [-0.2, 0) is 28.2 Å². The van der Waals surface area contributed by atoms with Gasteiger partial charge < -0.3 is 17.7 Å². The fourth-order valence-corrected chi connectivity index (χ4v) is 15.9. The van der Waals surface area contributed by atoms with Crippen molar-refractivity contribution in [3.8, 4) is 89.5 Å². The number of benzene rings is 8.